The van der Waals surface area contributed by atoms with Gasteiger partial charge in [0.25, 0.3) is 0 Å². The molecule has 0 bridgehead atoms. The highest BCUT2D eigenvalue weighted by molar-refractivity contribution is 5.88. The Hall–Kier alpha value is -3.40. The smallest absolute Gasteiger partial charge is 0.335 e. The van der Waals surface area contributed by atoms with Crippen LogP contribution in [0, 0.1) is 0 Å². The van der Waals surface area contributed by atoms with Crippen LogP contribution in [0.4, 0.5) is 5.69 Å². The van der Waals surface area contributed by atoms with E-state index in [0.29, 0.717) is 5.56 Å². The molecule has 1 N–H and O–H groups in total. The lowest BCUT2D eigenvalue weighted by Gasteiger charge is -2.31. The third-order valence-corrected chi connectivity index (χ3v) is 5.76. The van der Waals surface area contributed by atoms with Crippen LogP contribution in [0.3, 0.4) is 0 Å². The number of benzene rings is 2. The number of aromatic nitrogens is 1. The molecule has 3 aromatic rings. The molecular formula is C24H20N2O2. The molecule has 4 nitrogen and oxygen atoms in total. The molecule has 1 unspecified atom stereocenters. The van der Waals surface area contributed by atoms with E-state index in [4.69, 9.17) is 0 Å². The van der Waals surface area contributed by atoms with Crippen LogP contribution in [-0.2, 0) is 6.42 Å². The summed E-state index contributed by atoms with van der Waals surface area (Å²) in [6.45, 7) is 0. The molecule has 2 heterocycles. The van der Waals surface area contributed by atoms with E-state index < -0.39 is 5.97 Å². The fraction of sp³-hybridized carbons (Fsp3) is 0.167. The molecule has 28 heavy (non-hydrogen) atoms. The van der Waals surface area contributed by atoms with Crippen LogP contribution in [0.15, 0.2) is 78.8 Å². The van der Waals surface area contributed by atoms with Crippen molar-refractivity contribution in [1.82, 2.24) is 4.98 Å². The largest absolute Gasteiger partial charge is 0.478 e. The quantitative estimate of drug-likeness (QED) is 0.700. The molecule has 0 fully saturated rings. The Bertz CT molecular complexity index is 1090. The van der Waals surface area contributed by atoms with E-state index in [1.165, 1.54) is 22.4 Å². The topological polar surface area (TPSA) is 53.4 Å². The van der Waals surface area contributed by atoms with Gasteiger partial charge >= 0.3 is 5.97 Å². The zero-order valence-electron chi connectivity index (χ0n) is 15.4. The second-order valence-electron chi connectivity index (χ2n) is 7.31. The molecule has 0 radical (unpaired) electrons. The van der Waals surface area contributed by atoms with Crippen molar-refractivity contribution in [2.75, 3.05) is 4.90 Å². The van der Waals surface area contributed by atoms with Gasteiger partial charge in [0, 0.05) is 11.9 Å². The van der Waals surface area contributed by atoms with Crippen LogP contribution >= 0.6 is 0 Å². The summed E-state index contributed by atoms with van der Waals surface area (Å²) < 4.78 is 0. The maximum Gasteiger partial charge on any atom is 0.335 e. The molecule has 5 rings (SSSR count). The molecule has 1 aliphatic carbocycles. The summed E-state index contributed by atoms with van der Waals surface area (Å²) in [5.74, 6) is -0.893. The predicted octanol–water partition coefficient (Wildman–Crippen LogP) is 5.09. The SMILES string of the molecule is O=C(O)c1cccc(C2CC3=C(CCc4ccccc43)N2c2cccnc2)c1. The van der Waals surface area contributed by atoms with Gasteiger partial charge in [0.05, 0.1) is 23.5 Å². The second kappa shape index (κ2) is 6.64. The van der Waals surface area contributed by atoms with Crippen molar-refractivity contribution in [3.05, 3.63) is 101 Å². The number of nitrogens with zero attached hydrogens (tertiary/aromatic N) is 2. The number of anilines is 1. The molecule has 1 aromatic heterocycles. The molecule has 4 heteroatoms. The van der Waals surface area contributed by atoms with Gasteiger partial charge in [0.2, 0.25) is 0 Å². The molecule has 0 saturated heterocycles. The van der Waals surface area contributed by atoms with Crippen LogP contribution in [0.2, 0.25) is 0 Å². The molecule has 0 spiro atoms. The summed E-state index contributed by atoms with van der Waals surface area (Å²) in [5.41, 5.74) is 7.83. The predicted molar refractivity (Wildman–Crippen MR) is 109 cm³/mol. The van der Waals surface area contributed by atoms with E-state index in [0.717, 1.165) is 30.5 Å². The second-order valence-corrected chi connectivity index (χ2v) is 7.31. The van der Waals surface area contributed by atoms with Crippen LogP contribution < -0.4 is 4.90 Å². The molecule has 1 aliphatic heterocycles. The van der Waals surface area contributed by atoms with E-state index in [2.05, 4.69) is 40.2 Å². The number of pyridine rings is 1. The highest BCUT2D eigenvalue weighted by Gasteiger charge is 2.36. The Morgan fingerprint density at radius 3 is 2.75 bits per heavy atom. The number of rotatable bonds is 3. The molecule has 0 amide bonds. The fourth-order valence-corrected chi connectivity index (χ4v) is 4.54. The van der Waals surface area contributed by atoms with E-state index in [9.17, 15) is 9.90 Å². The van der Waals surface area contributed by atoms with Gasteiger partial charge in [0.1, 0.15) is 0 Å². The minimum Gasteiger partial charge on any atom is -0.478 e. The third kappa shape index (κ3) is 2.69. The van der Waals surface area contributed by atoms with Gasteiger partial charge in [-0.1, -0.05) is 36.4 Å². The van der Waals surface area contributed by atoms with E-state index in [1.54, 1.807) is 18.3 Å². The van der Waals surface area contributed by atoms with Crippen LogP contribution in [0.25, 0.3) is 5.57 Å². The number of fused-ring (bicyclic) bond motifs is 2. The van der Waals surface area contributed by atoms with Gasteiger partial charge in [0.15, 0.2) is 0 Å². The minimum atomic E-state index is -0.893. The zero-order valence-corrected chi connectivity index (χ0v) is 15.4. The molecule has 1 atom stereocenters. The average molecular weight is 368 g/mol. The first-order valence-electron chi connectivity index (χ1n) is 9.55. The highest BCUT2D eigenvalue weighted by atomic mass is 16.4. The third-order valence-electron chi connectivity index (χ3n) is 5.76. The van der Waals surface area contributed by atoms with Crippen molar-refractivity contribution in [1.29, 1.82) is 0 Å². The monoisotopic (exact) mass is 368 g/mol. The van der Waals surface area contributed by atoms with E-state index >= 15 is 0 Å². The maximum atomic E-state index is 11.5. The van der Waals surface area contributed by atoms with Gasteiger partial charge in [-0.15, -0.1) is 0 Å². The summed E-state index contributed by atoms with van der Waals surface area (Å²) in [6, 6.07) is 20.1. The lowest BCUT2D eigenvalue weighted by molar-refractivity contribution is 0.0696. The van der Waals surface area contributed by atoms with Gasteiger partial charge in [-0.3, -0.25) is 4.98 Å². The zero-order chi connectivity index (χ0) is 19.1. The Morgan fingerprint density at radius 2 is 1.93 bits per heavy atom. The Morgan fingerprint density at radius 1 is 1.04 bits per heavy atom. The van der Waals surface area contributed by atoms with Gasteiger partial charge in [-0.25, -0.2) is 4.79 Å². The number of carbonyl (C=O) groups is 1. The number of aryl methyl sites for hydroxylation is 1. The number of allylic oxidation sites excluding steroid dienone is 1. The summed E-state index contributed by atoms with van der Waals surface area (Å²) >= 11 is 0. The van der Waals surface area contributed by atoms with Crippen molar-refractivity contribution in [2.45, 2.75) is 25.3 Å². The van der Waals surface area contributed by atoms with Gasteiger partial charge in [-0.05, 0) is 65.8 Å². The fourth-order valence-electron chi connectivity index (χ4n) is 4.54. The Balaban J connectivity index is 1.65. The first-order chi connectivity index (χ1) is 13.7. The number of carboxylic acid groups (broad SMARTS) is 1. The number of hydrogen-bond donors (Lipinski definition) is 1. The lowest BCUT2D eigenvalue weighted by Crippen LogP contribution is -2.24. The standard InChI is InChI=1S/C24H20N2O2/c27-24(28)18-7-3-6-17(13-18)23-14-21-20-9-2-1-5-16(20)10-11-22(21)26(23)19-8-4-12-25-15-19/h1-9,12-13,15,23H,10-11,14H2,(H,27,28). The molecule has 138 valence electrons. The Labute approximate surface area is 163 Å². The van der Waals surface area contributed by atoms with Gasteiger partial charge in [-0.2, -0.15) is 0 Å². The van der Waals surface area contributed by atoms with Crippen molar-refractivity contribution in [3.8, 4) is 0 Å². The molecule has 0 saturated carbocycles. The number of hydrogen-bond acceptors (Lipinski definition) is 3. The van der Waals surface area contributed by atoms with E-state index in [-0.39, 0.29) is 6.04 Å². The van der Waals surface area contributed by atoms with Crippen molar-refractivity contribution in [3.63, 3.8) is 0 Å². The summed E-state index contributed by atoms with van der Waals surface area (Å²) in [6.07, 6.45) is 6.55. The summed E-state index contributed by atoms with van der Waals surface area (Å²) in [7, 11) is 0. The molecular weight excluding hydrogens is 348 g/mol. The molecule has 2 aromatic carbocycles. The van der Waals surface area contributed by atoms with Crippen molar-refractivity contribution >= 4 is 17.2 Å². The van der Waals surface area contributed by atoms with Crippen molar-refractivity contribution in [2.24, 2.45) is 0 Å². The van der Waals surface area contributed by atoms with Crippen LogP contribution in [0.1, 0.15) is 45.9 Å². The first-order valence-corrected chi connectivity index (χ1v) is 9.55. The minimum absolute atomic E-state index is 0.0691. The first kappa shape index (κ1) is 16.8. The normalized spacial score (nSPS) is 18.0. The average Bonchev–Trinajstić information content (AvgIpc) is 3.14. The van der Waals surface area contributed by atoms with Crippen LogP contribution in [0.5, 0.6) is 0 Å². The summed E-state index contributed by atoms with van der Waals surface area (Å²) in [5, 5.41) is 9.44. The summed E-state index contributed by atoms with van der Waals surface area (Å²) in [4.78, 5) is 18.2. The van der Waals surface area contributed by atoms with Crippen LogP contribution in [-0.4, -0.2) is 16.1 Å². The van der Waals surface area contributed by atoms with Crippen molar-refractivity contribution < 1.29 is 9.90 Å². The molecule has 2 aliphatic rings. The number of aromatic carboxylic acids is 1. The highest BCUT2D eigenvalue weighted by Crippen LogP contribution is 2.50. The maximum absolute atomic E-state index is 11.5. The number of carboxylic acids is 1. The van der Waals surface area contributed by atoms with Gasteiger partial charge < -0.3 is 10.0 Å². The Kier molecular flexibility index (Phi) is 3.97. The lowest BCUT2D eigenvalue weighted by atomic mass is 9.87. The van der Waals surface area contributed by atoms with E-state index in [1.807, 2.05) is 24.4 Å².